The van der Waals surface area contributed by atoms with Crippen molar-refractivity contribution in [2.45, 2.75) is 33.1 Å². The summed E-state index contributed by atoms with van der Waals surface area (Å²) in [4.78, 5) is 15.8. The summed E-state index contributed by atoms with van der Waals surface area (Å²) in [6.45, 7) is 8.36. The molecule has 1 amide bonds. The Morgan fingerprint density at radius 2 is 2.12 bits per heavy atom. The van der Waals surface area contributed by atoms with E-state index in [2.05, 4.69) is 31.1 Å². The minimum atomic E-state index is -0.184. The normalized spacial score (nSPS) is 11.4. The monoisotopic (exact) mass is 236 g/mol. The van der Waals surface area contributed by atoms with Crippen molar-refractivity contribution in [1.29, 1.82) is 0 Å². The molecular formula is C13H20N2O2. The van der Waals surface area contributed by atoms with E-state index in [1.54, 1.807) is 6.20 Å². The van der Waals surface area contributed by atoms with Gasteiger partial charge in [-0.3, -0.25) is 4.79 Å². The highest BCUT2D eigenvalue weighted by Crippen LogP contribution is 2.30. The van der Waals surface area contributed by atoms with Crippen molar-refractivity contribution in [3.63, 3.8) is 0 Å². The molecule has 94 valence electrons. The van der Waals surface area contributed by atoms with E-state index in [0.29, 0.717) is 5.82 Å². The number of methoxy groups -OCH3 is 1. The van der Waals surface area contributed by atoms with Crippen LogP contribution in [0.2, 0.25) is 0 Å². The molecule has 1 N–H and O–H groups in total. The number of amides is 1. The topological polar surface area (TPSA) is 51.2 Å². The maximum atomic E-state index is 11.5. The average molecular weight is 236 g/mol. The predicted molar refractivity (Wildman–Crippen MR) is 68.2 cm³/mol. The molecule has 1 rings (SSSR count). The Balaban J connectivity index is 3.08. The predicted octanol–water partition coefficient (Wildman–Crippen LogP) is 2.27. The number of pyridine rings is 1. The number of ether oxygens (including phenoxy) is 1. The van der Waals surface area contributed by atoms with Gasteiger partial charge in [-0.25, -0.2) is 4.98 Å². The summed E-state index contributed by atoms with van der Waals surface area (Å²) in [5, 5.41) is 2.78. The lowest BCUT2D eigenvalue weighted by atomic mass is 9.84. The molecule has 0 radical (unpaired) electrons. The Kier molecular flexibility index (Phi) is 4.23. The van der Waals surface area contributed by atoms with Crippen LogP contribution >= 0.6 is 0 Å². The summed E-state index contributed by atoms with van der Waals surface area (Å²) >= 11 is 0. The summed E-state index contributed by atoms with van der Waals surface area (Å²) in [7, 11) is 1.49. The minimum absolute atomic E-state index is 0.0409. The largest absolute Gasteiger partial charge is 0.375 e. The number of aryl methyl sites for hydroxylation is 1. The number of rotatable bonds is 3. The van der Waals surface area contributed by atoms with E-state index in [0.717, 1.165) is 11.1 Å². The molecule has 0 unspecified atom stereocenters. The Morgan fingerprint density at radius 3 is 2.65 bits per heavy atom. The van der Waals surface area contributed by atoms with Crippen LogP contribution in [-0.4, -0.2) is 24.6 Å². The van der Waals surface area contributed by atoms with Crippen LogP contribution in [0.15, 0.2) is 12.3 Å². The van der Waals surface area contributed by atoms with Gasteiger partial charge in [-0.1, -0.05) is 20.8 Å². The van der Waals surface area contributed by atoms with Crippen LogP contribution in [0.1, 0.15) is 31.9 Å². The second-order valence-corrected chi connectivity index (χ2v) is 5.08. The molecular weight excluding hydrogens is 216 g/mol. The first-order valence-electron chi connectivity index (χ1n) is 5.61. The van der Waals surface area contributed by atoms with Gasteiger partial charge < -0.3 is 10.1 Å². The van der Waals surface area contributed by atoms with Crippen LogP contribution < -0.4 is 5.32 Å². The zero-order valence-corrected chi connectivity index (χ0v) is 11.1. The van der Waals surface area contributed by atoms with Gasteiger partial charge in [0, 0.05) is 18.9 Å². The third-order valence-electron chi connectivity index (χ3n) is 2.44. The zero-order chi connectivity index (χ0) is 13.1. The number of hydrogen-bond acceptors (Lipinski definition) is 3. The third-order valence-corrected chi connectivity index (χ3v) is 2.44. The smallest absolute Gasteiger partial charge is 0.251 e. The SMILES string of the molecule is COCC(=O)Nc1nccc(C)c1C(C)(C)C. The van der Waals surface area contributed by atoms with Crippen LogP contribution in [-0.2, 0) is 14.9 Å². The molecule has 0 saturated heterocycles. The fourth-order valence-electron chi connectivity index (χ4n) is 1.90. The minimum Gasteiger partial charge on any atom is -0.375 e. The molecule has 4 nitrogen and oxygen atoms in total. The van der Waals surface area contributed by atoms with E-state index < -0.39 is 0 Å². The van der Waals surface area contributed by atoms with Gasteiger partial charge in [0.2, 0.25) is 0 Å². The first-order valence-corrected chi connectivity index (χ1v) is 5.61. The Bertz CT molecular complexity index is 408. The quantitative estimate of drug-likeness (QED) is 0.876. The number of carbonyl (C=O) groups excluding carboxylic acids is 1. The lowest BCUT2D eigenvalue weighted by Crippen LogP contribution is -2.23. The molecule has 1 aromatic rings. The van der Waals surface area contributed by atoms with E-state index >= 15 is 0 Å². The number of nitrogens with one attached hydrogen (secondary N) is 1. The zero-order valence-electron chi connectivity index (χ0n) is 11.1. The van der Waals surface area contributed by atoms with Gasteiger partial charge in [-0.15, -0.1) is 0 Å². The van der Waals surface area contributed by atoms with Crippen molar-refractivity contribution in [2.75, 3.05) is 19.0 Å². The standard InChI is InChI=1S/C13H20N2O2/c1-9-6-7-14-12(11(9)13(2,3)4)15-10(16)8-17-5/h6-7H,8H2,1-5H3,(H,14,15,16). The van der Waals surface area contributed by atoms with Gasteiger partial charge in [0.15, 0.2) is 0 Å². The van der Waals surface area contributed by atoms with Gasteiger partial charge in [-0.05, 0) is 24.0 Å². The van der Waals surface area contributed by atoms with Gasteiger partial charge in [0.1, 0.15) is 12.4 Å². The first-order chi connectivity index (χ1) is 7.86. The lowest BCUT2D eigenvalue weighted by Gasteiger charge is -2.24. The number of aromatic nitrogens is 1. The highest BCUT2D eigenvalue weighted by atomic mass is 16.5. The van der Waals surface area contributed by atoms with Crippen LogP contribution in [0.4, 0.5) is 5.82 Å². The maximum Gasteiger partial charge on any atom is 0.251 e. The molecule has 0 aliphatic carbocycles. The molecule has 0 aromatic carbocycles. The second kappa shape index (κ2) is 5.27. The number of nitrogens with zero attached hydrogens (tertiary/aromatic N) is 1. The number of hydrogen-bond donors (Lipinski definition) is 1. The van der Waals surface area contributed by atoms with Crippen molar-refractivity contribution >= 4 is 11.7 Å². The van der Waals surface area contributed by atoms with E-state index in [1.807, 2.05) is 13.0 Å². The molecule has 0 bridgehead atoms. The fourth-order valence-corrected chi connectivity index (χ4v) is 1.90. The molecule has 0 aliphatic heterocycles. The number of carbonyl (C=O) groups is 1. The van der Waals surface area contributed by atoms with Crippen molar-refractivity contribution in [3.8, 4) is 0 Å². The second-order valence-electron chi connectivity index (χ2n) is 5.08. The number of anilines is 1. The van der Waals surface area contributed by atoms with Crippen molar-refractivity contribution in [3.05, 3.63) is 23.4 Å². The van der Waals surface area contributed by atoms with E-state index in [-0.39, 0.29) is 17.9 Å². The third kappa shape index (κ3) is 3.53. The highest BCUT2D eigenvalue weighted by molar-refractivity contribution is 5.91. The summed E-state index contributed by atoms with van der Waals surface area (Å²) < 4.78 is 4.79. The van der Waals surface area contributed by atoms with Gasteiger partial charge in [0.25, 0.3) is 5.91 Å². The maximum absolute atomic E-state index is 11.5. The van der Waals surface area contributed by atoms with Crippen LogP contribution in [0.3, 0.4) is 0 Å². The van der Waals surface area contributed by atoms with Gasteiger partial charge in [0.05, 0.1) is 0 Å². The highest BCUT2D eigenvalue weighted by Gasteiger charge is 2.22. The molecule has 0 spiro atoms. The molecule has 0 saturated carbocycles. The van der Waals surface area contributed by atoms with Gasteiger partial charge in [-0.2, -0.15) is 0 Å². The van der Waals surface area contributed by atoms with E-state index in [9.17, 15) is 4.79 Å². The molecule has 1 aromatic heterocycles. The van der Waals surface area contributed by atoms with Crippen LogP contribution in [0.5, 0.6) is 0 Å². The molecule has 0 fully saturated rings. The average Bonchev–Trinajstić information content (AvgIpc) is 2.15. The Labute approximate surface area is 102 Å². The summed E-state index contributed by atoms with van der Waals surface area (Å²) in [6.07, 6.45) is 1.70. The molecule has 1 heterocycles. The van der Waals surface area contributed by atoms with Crippen molar-refractivity contribution in [1.82, 2.24) is 4.98 Å². The molecule has 17 heavy (non-hydrogen) atoms. The van der Waals surface area contributed by atoms with E-state index in [4.69, 9.17) is 4.74 Å². The van der Waals surface area contributed by atoms with Gasteiger partial charge >= 0.3 is 0 Å². The van der Waals surface area contributed by atoms with E-state index in [1.165, 1.54) is 7.11 Å². The molecule has 4 heteroatoms. The van der Waals surface area contributed by atoms with Crippen LogP contribution in [0.25, 0.3) is 0 Å². The van der Waals surface area contributed by atoms with Crippen LogP contribution in [0, 0.1) is 6.92 Å². The fraction of sp³-hybridized carbons (Fsp3) is 0.538. The lowest BCUT2D eigenvalue weighted by molar-refractivity contribution is -0.119. The summed E-state index contributed by atoms with van der Waals surface area (Å²) in [5.74, 6) is 0.440. The first kappa shape index (κ1) is 13.6. The Hall–Kier alpha value is -1.42. The summed E-state index contributed by atoms with van der Waals surface area (Å²) in [5.41, 5.74) is 2.12. The van der Waals surface area contributed by atoms with Crippen molar-refractivity contribution < 1.29 is 9.53 Å². The molecule has 0 aliphatic rings. The van der Waals surface area contributed by atoms with Crippen molar-refractivity contribution in [2.24, 2.45) is 0 Å². The molecule has 0 atom stereocenters. The Morgan fingerprint density at radius 1 is 1.47 bits per heavy atom. The summed E-state index contributed by atoms with van der Waals surface area (Å²) in [6, 6.07) is 1.95.